The summed E-state index contributed by atoms with van der Waals surface area (Å²) in [6.45, 7) is 1.91. The second kappa shape index (κ2) is 8.10. The third-order valence-corrected chi connectivity index (χ3v) is 4.09. The van der Waals surface area contributed by atoms with E-state index in [-0.39, 0.29) is 17.6 Å². The molecule has 2 aromatic carbocycles. The van der Waals surface area contributed by atoms with Crippen molar-refractivity contribution in [3.63, 3.8) is 0 Å². The van der Waals surface area contributed by atoms with E-state index in [1.165, 1.54) is 0 Å². The molecule has 1 aliphatic rings. The molecule has 0 atom stereocenters. The normalized spacial score (nSPS) is 14.9. The number of hydrogen-bond donors (Lipinski definition) is 0. The Balaban J connectivity index is 1.82. The molecule has 5 nitrogen and oxygen atoms in total. The van der Waals surface area contributed by atoms with Gasteiger partial charge in [-0.2, -0.15) is 0 Å². The highest BCUT2D eigenvalue weighted by atomic mass is 79.9. The summed E-state index contributed by atoms with van der Waals surface area (Å²) in [5.41, 5.74) is 1.60. The monoisotopic (exact) mass is 413 g/mol. The van der Waals surface area contributed by atoms with Crippen molar-refractivity contribution in [1.82, 2.24) is 0 Å². The Bertz CT molecular complexity index is 900. The van der Waals surface area contributed by atoms with Crippen molar-refractivity contribution in [2.45, 2.75) is 19.8 Å². The third kappa shape index (κ3) is 4.46. The van der Waals surface area contributed by atoms with E-state index in [0.29, 0.717) is 23.3 Å². The van der Waals surface area contributed by atoms with Gasteiger partial charge in [-0.25, -0.2) is 9.79 Å². The standard InChI is InChI=1S/C20H16BrNO4/c1-2-4-18(23)25-16-6-3-5-13(11-16)12-17-20(24)26-19(22-17)14-7-9-15(21)10-8-14/h3,5-12H,2,4H2,1H3/b17-12-. The van der Waals surface area contributed by atoms with E-state index in [1.54, 1.807) is 30.3 Å². The lowest BCUT2D eigenvalue weighted by Gasteiger charge is -2.04. The predicted octanol–water partition coefficient (Wildman–Crippen LogP) is 4.50. The molecule has 0 amide bonds. The van der Waals surface area contributed by atoms with Crippen LogP contribution in [-0.2, 0) is 14.3 Å². The maximum absolute atomic E-state index is 12.1. The number of carbonyl (C=O) groups excluding carboxylic acids is 2. The summed E-state index contributed by atoms with van der Waals surface area (Å²) in [4.78, 5) is 28.0. The zero-order valence-electron chi connectivity index (χ0n) is 14.1. The van der Waals surface area contributed by atoms with Crippen LogP contribution < -0.4 is 4.74 Å². The van der Waals surface area contributed by atoms with Gasteiger partial charge in [0.25, 0.3) is 0 Å². The van der Waals surface area contributed by atoms with E-state index in [2.05, 4.69) is 20.9 Å². The van der Waals surface area contributed by atoms with E-state index in [0.717, 1.165) is 10.9 Å². The predicted molar refractivity (Wildman–Crippen MR) is 102 cm³/mol. The number of esters is 2. The van der Waals surface area contributed by atoms with E-state index >= 15 is 0 Å². The smallest absolute Gasteiger partial charge is 0.363 e. The van der Waals surface area contributed by atoms with Gasteiger partial charge < -0.3 is 9.47 Å². The zero-order valence-corrected chi connectivity index (χ0v) is 15.7. The number of cyclic esters (lactones) is 1. The Morgan fingerprint density at radius 3 is 2.73 bits per heavy atom. The number of aliphatic imine (C=N–C) groups is 1. The fourth-order valence-electron chi connectivity index (χ4n) is 2.34. The molecule has 1 aliphatic heterocycles. The summed E-state index contributed by atoms with van der Waals surface area (Å²) >= 11 is 3.36. The lowest BCUT2D eigenvalue weighted by Crippen LogP contribution is -2.06. The number of hydrogen-bond acceptors (Lipinski definition) is 5. The SMILES string of the molecule is CCCC(=O)Oc1cccc(/C=C2\N=C(c3ccc(Br)cc3)OC2=O)c1. The summed E-state index contributed by atoms with van der Waals surface area (Å²) in [6.07, 6.45) is 2.69. The quantitative estimate of drug-likeness (QED) is 0.411. The van der Waals surface area contributed by atoms with Gasteiger partial charge in [0.1, 0.15) is 5.75 Å². The maximum atomic E-state index is 12.1. The second-order valence-corrected chi connectivity index (χ2v) is 6.56. The molecule has 1 heterocycles. The average molecular weight is 414 g/mol. The van der Waals surface area contributed by atoms with Crippen molar-refractivity contribution < 1.29 is 19.1 Å². The first-order chi connectivity index (χ1) is 12.5. The molecule has 0 saturated carbocycles. The van der Waals surface area contributed by atoms with E-state index < -0.39 is 5.97 Å². The van der Waals surface area contributed by atoms with Crippen LogP contribution in [0.5, 0.6) is 5.75 Å². The Hall–Kier alpha value is -2.73. The molecule has 0 aliphatic carbocycles. The highest BCUT2D eigenvalue weighted by Crippen LogP contribution is 2.22. The van der Waals surface area contributed by atoms with Gasteiger partial charge in [-0.1, -0.05) is 35.0 Å². The molecule has 0 radical (unpaired) electrons. The zero-order chi connectivity index (χ0) is 18.5. The number of ether oxygens (including phenoxy) is 2. The van der Waals surface area contributed by atoms with Crippen molar-refractivity contribution in [2.24, 2.45) is 4.99 Å². The summed E-state index contributed by atoms with van der Waals surface area (Å²) in [5.74, 6) is -0.107. The second-order valence-electron chi connectivity index (χ2n) is 5.64. The van der Waals surface area contributed by atoms with Crippen LogP contribution in [-0.4, -0.2) is 17.8 Å². The van der Waals surface area contributed by atoms with Gasteiger partial charge in [0.2, 0.25) is 5.90 Å². The van der Waals surface area contributed by atoms with Gasteiger partial charge in [-0.15, -0.1) is 0 Å². The largest absolute Gasteiger partial charge is 0.427 e. The molecule has 26 heavy (non-hydrogen) atoms. The number of halogens is 1. The first-order valence-corrected chi connectivity index (χ1v) is 8.93. The minimum atomic E-state index is -0.517. The number of nitrogens with zero attached hydrogens (tertiary/aromatic N) is 1. The van der Waals surface area contributed by atoms with E-state index in [9.17, 15) is 9.59 Å². The van der Waals surface area contributed by atoms with Crippen molar-refractivity contribution in [3.05, 3.63) is 69.8 Å². The van der Waals surface area contributed by atoms with Crippen LogP contribution >= 0.6 is 15.9 Å². The van der Waals surface area contributed by atoms with Gasteiger partial charge in [-0.05, 0) is 54.5 Å². The van der Waals surface area contributed by atoms with Crippen LogP contribution in [0.1, 0.15) is 30.9 Å². The summed E-state index contributed by atoms with van der Waals surface area (Å²) < 4.78 is 11.4. The molecule has 3 rings (SSSR count). The first kappa shape index (κ1) is 18.1. The molecule has 0 aromatic heterocycles. The average Bonchev–Trinajstić information content (AvgIpc) is 2.96. The van der Waals surface area contributed by atoms with Crippen LogP contribution in [0.4, 0.5) is 0 Å². The molecular weight excluding hydrogens is 398 g/mol. The highest BCUT2D eigenvalue weighted by Gasteiger charge is 2.24. The van der Waals surface area contributed by atoms with E-state index in [1.807, 2.05) is 31.2 Å². The molecule has 0 N–H and O–H groups in total. The Morgan fingerprint density at radius 2 is 2.00 bits per heavy atom. The van der Waals surface area contributed by atoms with Crippen molar-refractivity contribution in [1.29, 1.82) is 0 Å². The molecule has 0 spiro atoms. The molecule has 132 valence electrons. The summed E-state index contributed by atoms with van der Waals surface area (Å²) in [6, 6.07) is 14.2. The highest BCUT2D eigenvalue weighted by molar-refractivity contribution is 9.10. The van der Waals surface area contributed by atoms with Crippen molar-refractivity contribution >= 4 is 39.8 Å². The maximum Gasteiger partial charge on any atom is 0.363 e. The molecule has 2 aromatic rings. The lowest BCUT2D eigenvalue weighted by atomic mass is 10.2. The Labute approximate surface area is 159 Å². The molecular formula is C20H16BrNO4. The number of benzene rings is 2. The summed E-state index contributed by atoms with van der Waals surface area (Å²) in [7, 11) is 0. The topological polar surface area (TPSA) is 65.0 Å². The third-order valence-electron chi connectivity index (χ3n) is 3.56. The molecule has 0 bridgehead atoms. The summed E-state index contributed by atoms with van der Waals surface area (Å²) in [5, 5.41) is 0. The first-order valence-electron chi connectivity index (χ1n) is 8.14. The van der Waals surface area contributed by atoms with Crippen molar-refractivity contribution in [3.8, 4) is 5.75 Å². The lowest BCUT2D eigenvalue weighted by molar-refractivity contribution is -0.134. The van der Waals surface area contributed by atoms with Gasteiger partial charge in [0.05, 0.1) is 0 Å². The molecule has 0 fully saturated rings. The Morgan fingerprint density at radius 1 is 1.23 bits per heavy atom. The van der Waals surface area contributed by atoms with Gasteiger partial charge in [-0.3, -0.25) is 4.79 Å². The van der Waals surface area contributed by atoms with Crippen LogP contribution in [0.15, 0.2) is 63.7 Å². The van der Waals surface area contributed by atoms with Gasteiger partial charge in [0, 0.05) is 16.5 Å². The van der Waals surface area contributed by atoms with Gasteiger partial charge >= 0.3 is 11.9 Å². The van der Waals surface area contributed by atoms with Crippen molar-refractivity contribution in [2.75, 3.05) is 0 Å². The Kier molecular flexibility index (Phi) is 5.63. The molecule has 0 saturated heterocycles. The molecule has 0 unspecified atom stereocenters. The number of rotatable bonds is 5. The van der Waals surface area contributed by atoms with Crippen LogP contribution in [0.25, 0.3) is 6.08 Å². The minimum absolute atomic E-state index is 0.194. The van der Waals surface area contributed by atoms with Crippen LogP contribution in [0.3, 0.4) is 0 Å². The fraction of sp³-hybridized carbons (Fsp3) is 0.150. The fourth-order valence-corrected chi connectivity index (χ4v) is 2.60. The number of carbonyl (C=O) groups is 2. The van der Waals surface area contributed by atoms with Gasteiger partial charge in [0.15, 0.2) is 5.70 Å². The van der Waals surface area contributed by atoms with Crippen LogP contribution in [0, 0.1) is 0 Å². The van der Waals surface area contributed by atoms with Crippen LogP contribution in [0.2, 0.25) is 0 Å². The molecule has 6 heteroatoms. The minimum Gasteiger partial charge on any atom is -0.427 e. The van der Waals surface area contributed by atoms with E-state index in [4.69, 9.17) is 9.47 Å².